The van der Waals surface area contributed by atoms with Gasteiger partial charge in [0.2, 0.25) is 0 Å². The zero-order valence-corrected chi connectivity index (χ0v) is 17.3. The van der Waals surface area contributed by atoms with Crippen molar-refractivity contribution in [1.82, 2.24) is 3.55 Å². The Morgan fingerprint density at radius 2 is 1.33 bits per heavy atom. The maximum atomic E-state index is 6.39. The molecule has 132 valence electrons. The van der Waals surface area contributed by atoms with Crippen molar-refractivity contribution in [3.63, 3.8) is 0 Å². The summed E-state index contributed by atoms with van der Waals surface area (Å²) in [5.74, 6) is 0. The summed E-state index contributed by atoms with van der Waals surface area (Å²) >= 11 is 2.87. The van der Waals surface area contributed by atoms with E-state index in [2.05, 4.69) is 102 Å². The van der Waals surface area contributed by atoms with Gasteiger partial charge in [0.05, 0.1) is 11.2 Å². The molecule has 1 aliphatic heterocycles. The number of fused-ring (bicyclic) bond motifs is 5. The number of nitrogens with zero attached hydrogens (tertiary/aromatic N) is 1. The van der Waals surface area contributed by atoms with Crippen molar-refractivity contribution >= 4 is 61.7 Å². The second kappa shape index (κ2) is 5.62. The predicted octanol–water partition coefficient (Wildman–Crippen LogP) is 4.18. The van der Waals surface area contributed by atoms with Crippen LogP contribution in [0.2, 0.25) is 0 Å². The first-order valence-corrected chi connectivity index (χ1v) is 9.87. The largest absolute Gasteiger partial charge is 0.495 e. The Labute approximate surface area is 168 Å². The lowest BCUT2D eigenvalue weighted by atomic mass is 9.75. The third-order valence-electron chi connectivity index (χ3n) is 6.25. The molecule has 27 heavy (non-hydrogen) atoms. The molecule has 4 aromatic rings. The first kappa shape index (κ1) is 17.3. The van der Waals surface area contributed by atoms with E-state index in [0.29, 0.717) is 0 Å². The zero-order valence-electron chi connectivity index (χ0n) is 16.1. The lowest BCUT2D eigenvalue weighted by Crippen LogP contribution is -2.41. The molecule has 3 aromatic carbocycles. The van der Waals surface area contributed by atoms with Crippen LogP contribution in [0.25, 0.3) is 32.6 Å². The quantitative estimate of drug-likeness (QED) is 0.470. The van der Waals surface area contributed by atoms with E-state index in [1.807, 2.05) is 0 Å². The highest BCUT2D eigenvalue weighted by Crippen LogP contribution is 2.38. The summed E-state index contributed by atoms with van der Waals surface area (Å²) in [6, 6.07) is 19.3. The topological polar surface area (TPSA) is 23.4 Å². The predicted molar refractivity (Wildman–Crippen MR) is 114 cm³/mol. The molecule has 1 aliphatic rings. The molecule has 0 atom stereocenters. The van der Waals surface area contributed by atoms with E-state index >= 15 is 0 Å². The van der Waals surface area contributed by atoms with Crippen molar-refractivity contribution in [2.24, 2.45) is 0 Å². The molecule has 1 aromatic heterocycles. The molecule has 0 bridgehead atoms. The first-order valence-electron chi connectivity index (χ1n) is 9.36. The van der Waals surface area contributed by atoms with Gasteiger partial charge >= 0.3 is 23.6 Å². The number of hydrogen-bond donors (Lipinski definition) is 0. The Hall–Kier alpha value is -1.76. The molecule has 1 fully saturated rings. The van der Waals surface area contributed by atoms with Crippen LogP contribution in [0.5, 0.6) is 0 Å². The van der Waals surface area contributed by atoms with Gasteiger partial charge in [0.1, 0.15) is 0 Å². The molecule has 5 rings (SSSR count). The fraction of sp³-hybridized carbons (Fsp3) is 0.273. The Bertz CT molecular complexity index is 1200. The van der Waals surface area contributed by atoms with E-state index in [4.69, 9.17) is 9.31 Å². The van der Waals surface area contributed by atoms with Gasteiger partial charge in [-0.3, -0.25) is 0 Å². The molecule has 0 saturated carbocycles. The summed E-state index contributed by atoms with van der Waals surface area (Å²) in [4.78, 5) is 0. The fourth-order valence-electron chi connectivity index (χ4n) is 4.05. The molecule has 0 N–H and O–H groups in total. The van der Waals surface area contributed by atoms with E-state index in [-0.39, 0.29) is 18.3 Å². The van der Waals surface area contributed by atoms with Gasteiger partial charge in [-0.15, -0.1) is 0 Å². The van der Waals surface area contributed by atoms with Crippen molar-refractivity contribution in [2.45, 2.75) is 38.9 Å². The molecule has 0 unspecified atom stereocenters. The highest BCUT2D eigenvalue weighted by molar-refractivity contribution is 6.66. The van der Waals surface area contributed by atoms with Crippen LogP contribution in [0, 0.1) is 0 Å². The van der Waals surface area contributed by atoms with Crippen LogP contribution in [0.1, 0.15) is 27.7 Å². The van der Waals surface area contributed by atoms with Gasteiger partial charge in [-0.2, -0.15) is 0 Å². The van der Waals surface area contributed by atoms with Crippen LogP contribution < -0.4 is 5.46 Å². The summed E-state index contributed by atoms with van der Waals surface area (Å²) in [6.45, 7) is 8.40. The van der Waals surface area contributed by atoms with Crippen LogP contribution >= 0.6 is 0 Å². The standard InChI is InChI=1S/C22H21BNO2.Al/c1-21(2)22(3,4)26-23(25-21)18-13-17-15-10-7-8-12-19(15)24-20(17)16-11-6-5-9-14(16)18;/h5-13H,1-4H3;/q-1;+1. The van der Waals surface area contributed by atoms with Crippen LogP contribution in [0.4, 0.5) is 0 Å². The monoisotopic (exact) mass is 369 g/mol. The SMILES string of the molecule is CC1(C)OB(c2cc3c4ccccc4[n]([Al])c3c3ccccc23)OC1(C)C. The Morgan fingerprint density at radius 3 is 2.00 bits per heavy atom. The molecular formula is C22H21AlBNO2. The summed E-state index contributed by atoms with van der Waals surface area (Å²) in [7, 11) is -0.379. The van der Waals surface area contributed by atoms with Crippen LogP contribution in [-0.4, -0.2) is 38.4 Å². The highest BCUT2D eigenvalue weighted by atomic mass is 27.1. The molecule has 0 amide bonds. The van der Waals surface area contributed by atoms with Crippen molar-refractivity contribution in [1.29, 1.82) is 0 Å². The fourth-order valence-corrected chi connectivity index (χ4v) is 4.55. The third-order valence-corrected chi connectivity index (χ3v) is 6.79. The zero-order chi connectivity index (χ0) is 19.0. The second-order valence-corrected chi connectivity index (χ2v) is 8.90. The molecule has 3 nitrogen and oxygen atoms in total. The van der Waals surface area contributed by atoms with Crippen LogP contribution in [0.3, 0.4) is 0 Å². The van der Waals surface area contributed by atoms with Crippen molar-refractivity contribution in [3.05, 3.63) is 54.6 Å². The maximum Gasteiger partial charge on any atom is 0.495 e. The second-order valence-electron chi connectivity index (χ2n) is 8.38. The van der Waals surface area contributed by atoms with E-state index in [1.165, 1.54) is 32.6 Å². The molecule has 2 radical (unpaired) electrons. The maximum absolute atomic E-state index is 6.39. The highest BCUT2D eigenvalue weighted by Gasteiger charge is 2.52. The van der Waals surface area contributed by atoms with Gasteiger partial charge in [0.15, 0.2) is 0 Å². The van der Waals surface area contributed by atoms with Gasteiger partial charge < -0.3 is 12.9 Å². The van der Waals surface area contributed by atoms with E-state index < -0.39 is 0 Å². The summed E-state index contributed by atoms with van der Waals surface area (Å²) in [5, 5.41) is 4.86. The lowest BCUT2D eigenvalue weighted by Gasteiger charge is -2.32. The average molecular weight is 369 g/mol. The Kier molecular flexibility index (Phi) is 3.61. The summed E-state index contributed by atoms with van der Waals surface area (Å²) in [5.41, 5.74) is 2.80. The van der Waals surface area contributed by atoms with Crippen LogP contribution in [0.15, 0.2) is 54.6 Å². The van der Waals surface area contributed by atoms with Crippen LogP contribution in [-0.2, 0) is 9.31 Å². The summed E-state index contributed by atoms with van der Waals surface area (Å²) < 4.78 is 15.0. The minimum atomic E-state index is -0.379. The van der Waals surface area contributed by atoms with E-state index in [9.17, 15) is 0 Å². The van der Waals surface area contributed by atoms with Crippen molar-refractivity contribution in [2.75, 3.05) is 0 Å². The molecule has 5 heteroatoms. The number of benzene rings is 3. The van der Waals surface area contributed by atoms with Gasteiger partial charge in [-0.05, 0) is 44.6 Å². The Morgan fingerprint density at radius 1 is 0.778 bits per heavy atom. The number of aromatic nitrogens is 1. The van der Waals surface area contributed by atoms with Gasteiger partial charge in [0, 0.05) is 27.2 Å². The van der Waals surface area contributed by atoms with Crippen molar-refractivity contribution < 1.29 is 9.31 Å². The van der Waals surface area contributed by atoms with E-state index in [1.54, 1.807) is 0 Å². The molecule has 0 spiro atoms. The molecular weight excluding hydrogens is 348 g/mol. The smallest absolute Gasteiger partial charge is 0.451 e. The number of rotatable bonds is 1. The normalized spacial score (nSPS) is 18.7. The molecule has 2 heterocycles. The average Bonchev–Trinajstić information content (AvgIpc) is 3.05. The van der Waals surface area contributed by atoms with E-state index in [0.717, 1.165) is 5.46 Å². The minimum absolute atomic E-state index is 0.359. The number of para-hydroxylation sites is 1. The minimum Gasteiger partial charge on any atom is -0.451 e. The number of hydrogen-bond acceptors (Lipinski definition) is 2. The summed E-state index contributed by atoms with van der Waals surface area (Å²) in [6.07, 6.45) is 0. The van der Waals surface area contributed by atoms with Gasteiger partial charge in [-0.1, -0.05) is 48.5 Å². The molecule has 1 saturated heterocycles. The van der Waals surface area contributed by atoms with Crippen molar-refractivity contribution in [3.8, 4) is 0 Å². The van der Waals surface area contributed by atoms with Gasteiger partial charge in [-0.25, -0.2) is 0 Å². The lowest BCUT2D eigenvalue weighted by molar-refractivity contribution is 0.00578. The Balaban J connectivity index is 1.87. The third kappa shape index (κ3) is 2.36. The molecule has 0 aliphatic carbocycles. The van der Waals surface area contributed by atoms with Gasteiger partial charge in [0.25, 0.3) is 0 Å². The first-order chi connectivity index (χ1) is 12.8.